The fourth-order valence-corrected chi connectivity index (χ4v) is 4.69. The Labute approximate surface area is 183 Å². The van der Waals surface area contributed by atoms with Gasteiger partial charge in [-0.2, -0.15) is 0 Å². The van der Waals surface area contributed by atoms with Gasteiger partial charge >= 0.3 is 0 Å². The predicted octanol–water partition coefficient (Wildman–Crippen LogP) is 9.12. The fourth-order valence-electron chi connectivity index (χ4n) is 2.84. The first-order chi connectivity index (χ1) is 13.7. The van der Waals surface area contributed by atoms with Gasteiger partial charge in [0, 0.05) is 30.9 Å². The Morgan fingerprint density at radius 1 is 0.500 bits per heavy atom. The minimum atomic E-state index is 0.754. The summed E-state index contributed by atoms with van der Waals surface area (Å²) in [5.74, 6) is 0. The van der Waals surface area contributed by atoms with Crippen molar-refractivity contribution in [3.05, 3.63) is 102 Å². The number of hydrogen-bond acceptors (Lipinski definition) is 2. The second-order valence-electron chi connectivity index (χ2n) is 6.17. The first kappa shape index (κ1) is 19.2. The Bertz CT molecular complexity index is 1020. The zero-order valence-electron chi connectivity index (χ0n) is 14.8. The van der Waals surface area contributed by atoms with Crippen molar-refractivity contribution in [1.82, 2.24) is 0 Å². The van der Waals surface area contributed by atoms with Crippen LogP contribution in [-0.4, -0.2) is 0 Å². The monoisotopic (exact) mass is 438 g/mol. The van der Waals surface area contributed by atoms with Crippen LogP contribution in [0, 0.1) is 0 Å². The Morgan fingerprint density at radius 3 is 1.29 bits per heavy atom. The molecule has 0 saturated heterocycles. The van der Waals surface area contributed by atoms with Gasteiger partial charge in [0.15, 0.2) is 0 Å². The predicted molar refractivity (Wildman–Crippen MR) is 128 cm³/mol. The van der Waals surface area contributed by atoms with Gasteiger partial charge < -0.3 is 0 Å². The smallest absolute Gasteiger partial charge is 0.0406 e. The summed E-state index contributed by atoms with van der Waals surface area (Å²) in [6.45, 7) is 0. The molecule has 0 bridgehead atoms. The molecular formula is C24H16Cl2S2. The van der Waals surface area contributed by atoms with Crippen molar-refractivity contribution in [3.63, 3.8) is 0 Å². The number of halogens is 2. The van der Waals surface area contributed by atoms with Crippen molar-refractivity contribution in [2.24, 2.45) is 0 Å². The molecule has 0 fully saturated rings. The third kappa shape index (κ3) is 4.65. The van der Waals surface area contributed by atoms with Gasteiger partial charge in [-0.25, -0.2) is 0 Å². The van der Waals surface area contributed by atoms with E-state index in [4.69, 9.17) is 23.2 Å². The van der Waals surface area contributed by atoms with Gasteiger partial charge in [0.05, 0.1) is 0 Å². The van der Waals surface area contributed by atoms with Crippen molar-refractivity contribution in [1.29, 1.82) is 0 Å². The molecule has 0 amide bonds. The van der Waals surface area contributed by atoms with Crippen molar-refractivity contribution in [3.8, 4) is 11.1 Å². The van der Waals surface area contributed by atoms with E-state index in [1.165, 1.54) is 20.9 Å². The quantitative estimate of drug-likeness (QED) is 0.291. The van der Waals surface area contributed by atoms with Gasteiger partial charge in [-0.1, -0.05) is 59.6 Å². The van der Waals surface area contributed by atoms with E-state index in [2.05, 4.69) is 47.2 Å². The van der Waals surface area contributed by atoms with Crippen molar-refractivity contribution in [2.75, 3.05) is 0 Å². The summed E-state index contributed by atoms with van der Waals surface area (Å²) in [6.07, 6.45) is 8.60. The van der Waals surface area contributed by atoms with E-state index in [1.807, 2.05) is 48.5 Å². The largest absolute Gasteiger partial charge is 0.144 e. The van der Waals surface area contributed by atoms with Crippen LogP contribution in [0.1, 0.15) is 20.9 Å². The highest BCUT2D eigenvalue weighted by atomic mass is 35.5. The molecule has 0 saturated carbocycles. The molecule has 0 spiro atoms. The van der Waals surface area contributed by atoms with Crippen LogP contribution in [0.5, 0.6) is 0 Å². The number of benzene rings is 2. The van der Waals surface area contributed by atoms with Gasteiger partial charge in [0.25, 0.3) is 0 Å². The molecule has 4 heteroatoms. The minimum Gasteiger partial charge on any atom is -0.144 e. The van der Waals surface area contributed by atoms with Crippen LogP contribution in [0.15, 0.2) is 71.4 Å². The van der Waals surface area contributed by atoms with E-state index in [0.717, 1.165) is 21.2 Å². The van der Waals surface area contributed by atoms with E-state index in [-0.39, 0.29) is 0 Å². The topological polar surface area (TPSA) is 0 Å². The first-order valence-electron chi connectivity index (χ1n) is 8.72. The normalized spacial score (nSPS) is 11.6. The van der Waals surface area contributed by atoms with Crippen LogP contribution in [-0.2, 0) is 0 Å². The zero-order chi connectivity index (χ0) is 19.3. The zero-order valence-corrected chi connectivity index (χ0v) is 18.0. The van der Waals surface area contributed by atoms with Gasteiger partial charge in [-0.3, -0.25) is 0 Å². The average molecular weight is 439 g/mol. The SMILES string of the molecule is Clc1ccc(C=Cc2sccc2-c2ccsc2C=Cc2ccc(Cl)cc2)cc1. The maximum absolute atomic E-state index is 5.97. The molecule has 4 aromatic rings. The summed E-state index contributed by atoms with van der Waals surface area (Å²) in [7, 11) is 0. The third-order valence-electron chi connectivity index (χ3n) is 4.27. The molecular weight excluding hydrogens is 423 g/mol. The maximum atomic E-state index is 5.97. The van der Waals surface area contributed by atoms with Crippen LogP contribution < -0.4 is 0 Å². The molecule has 0 aliphatic heterocycles. The van der Waals surface area contributed by atoms with Crippen LogP contribution in [0.3, 0.4) is 0 Å². The van der Waals surface area contributed by atoms with Crippen molar-refractivity contribution >= 4 is 70.2 Å². The highest BCUT2D eigenvalue weighted by molar-refractivity contribution is 7.12. The number of hydrogen-bond donors (Lipinski definition) is 0. The van der Waals surface area contributed by atoms with E-state index < -0.39 is 0 Å². The van der Waals surface area contributed by atoms with Crippen molar-refractivity contribution in [2.45, 2.75) is 0 Å². The lowest BCUT2D eigenvalue weighted by Crippen LogP contribution is -1.77. The fraction of sp³-hybridized carbons (Fsp3) is 0. The average Bonchev–Trinajstić information content (AvgIpc) is 3.36. The van der Waals surface area contributed by atoms with Crippen LogP contribution >= 0.6 is 45.9 Å². The van der Waals surface area contributed by atoms with E-state index in [1.54, 1.807) is 22.7 Å². The summed E-state index contributed by atoms with van der Waals surface area (Å²) >= 11 is 15.4. The molecule has 0 radical (unpaired) electrons. The van der Waals surface area contributed by atoms with Crippen LogP contribution in [0.25, 0.3) is 35.4 Å². The summed E-state index contributed by atoms with van der Waals surface area (Å²) < 4.78 is 0. The lowest BCUT2D eigenvalue weighted by atomic mass is 10.1. The van der Waals surface area contributed by atoms with Gasteiger partial charge in [-0.15, -0.1) is 22.7 Å². The summed E-state index contributed by atoms with van der Waals surface area (Å²) in [6, 6.07) is 20.1. The molecule has 28 heavy (non-hydrogen) atoms. The Morgan fingerprint density at radius 2 is 0.893 bits per heavy atom. The lowest BCUT2D eigenvalue weighted by Gasteiger charge is -2.01. The summed E-state index contributed by atoms with van der Waals surface area (Å²) in [4.78, 5) is 2.49. The molecule has 0 atom stereocenters. The maximum Gasteiger partial charge on any atom is 0.0406 e. The molecule has 4 rings (SSSR count). The summed E-state index contributed by atoms with van der Waals surface area (Å²) in [5, 5.41) is 5.79. The Kier molecular flexibility index (Phi) is 6.13. The Balaban J connectivity index is 1.59. The second-order valence-corrected chi connectivity index (χ2v) is 8.94. The molecule has 138 valence electrons. The molecule has 0 unspecified atom stereocenters. The van der Waals surface area contributed by atoms with Gasteiger partial charge in [-0.05, 0) is 70.4 Å². The van der Waals surface area contributed by atoms with E-state index >= 15 is 0 Å². The van der Waals surface area contributed by atoms with Gasteiger partial charge in [0.2, 0.25) is 0 Å². The highest BCUT2D eigenvalue weighted by Gasteiger charge is 2.09. The van der Waals surface area contributed by atoms with Gasteiger partial charge in [0.1, 0.15) is 0 Å². The van der Waals surface area contributed by atoms with E-state index in [0.29, 0.717) is 0 Å². The number of rotatable bonds is 5. The molecule has 0 N–H and O–H groups in total. The standard InChI is InChI=1S/C24H16Cl2S2/c25-19-7-1-17(2-8-19)5-11-23-21(13-15-27-23)22-14-16-28-24(22)12-6-18-3-9-20(26)10-4-18/h1-16H. The summed E-state index contributed by atoms with van der Waals surface area (Å²) in [5.41, 5.74) is 4.79. The third-order valence-corrected chi connectivity index (χ3v) is 6.54. The van der Waals surface area contributed by atoms with Crippen LogP contribution in [0.2, 0.25) is 10.0 Å². The Hall–Kier alpha value is -2.10. The van der Waals surface area contributed by atoms with Crippen LogP contribution in [0.4, 0.5) is 0 Å². The number of thiophene rings is 2. The second kappa shape index (κ2) is 8.93. The first-order valence-corrected chi connectivity index (χ1v) is 11.2. The highest BCUT2D eigenvalue weighted by Crippen LogP contribution is 2.36. The lowest BCUT2D eigenvalue weighted by molar-refractivity contribution is 1.66. The molecule has 0 nitrogen and oxygen atoms in total. The minimum absolute atomic E-state index is 0.754. The van der Waals surface area contributed by atoms with Crippen molar-refractivity contribution < 1.29 is 0 Å². The molecule has 2 heterocycles. The molecule has 0 aliphatic carbocycles. The molecule has 0 aliphatic rings. The van der Waals surface area contributed by atoms with E-state index in [9.17, 15) is 0 Å². The molecule has 2 aromatic heterocycles. The molecule has 2 aromatic carbocycles.